The minimum absolute atomic E-state index is 0.0686. The van der Waals surface area contributed by atoms with E-state index in [2.05, 4.69) is 15.0 Å². The van der Waals surface area contributed by atoms with E-state index < -0.39 is 5.79 Å². The number of aromatic nitrogens is 4. The monoisotopic (exact) mass is 303 g/mol. The van der Waals surface area contributed by atoms with Gasteiger partial charge in [-0.3, -0.25) is 0 Å². The fourth-order valence-electron chi connectivity index (χ4n) is 3.20. The van der Waals surface area contributed by atoms with Gasteiger partial charge < -0.3 is 24.9 Å². The Kier molecular flexibility index (Phi) is 2.77. The zero-order chi connectivity index (χ0) is 15.5. The van der Waals surface area contributed by atoms with Crippen molar-refractivity contribution in [1.82, 2.24) is 19.5 Å². The van der Waals surface area contributed by atoms with Crippen LogP contribution < -0.4 is 5.73 Å². The number of ether oxygens (including phenoxy) is 2. The lowest BCUT2D eigenvalue weighted by Gasteiger charge is -2.21. The third-order valence-electron chi connectivity index (χ3n) is 4.11. The largest absolute Gasteiger partial charge is 0.392 e. The molecule has 1 saturated heterocycles. The molecule has 8 heteroatoms. The topological polar surface area (TPSA) is 108 Å². The van der Waals surface area contributed by atoms with Gasteiger partial charge in [0, 0.05) is 0 Å². The summed E-state index contributed by atoms with van der Waals surface area (Å²) in [5, 5.41) is 9.58. The summed E-state index contributed by atoms with van der Waals surface area (Å²) in [6.45, 7) is 3.66. The predicted molar refractivity (Wildman–Crippen MR) is 77.8 cm³/mol. The normalized spacial score (nSPS) is 29.8. The van der Waals surface area contributed by atoms with E-state index in [4.69, 9.17) is 15.2 Å². The van der Waals surface area contributed by atoms with Crippen LogP contribution in [-0.4, -0.2) is 49.2 Å². The molecule has 8 nitrogen and oxygen atoms in total. The lowest BCUT2D eigenvalue weighted by atomic mass is 10.1. The molecular formula is C14H17N5O3. The Morgan fingerprint density at radius 2 is 2.14 bits per heavy atom. The first-order valence-electron chi connectivity index (χ1n) is 7.10. The van der Waals surface area contributed by atoms with Crippen molar-refractivity contribution in [1.29, 1.82) is 0 Å². The van der Waals surface area contributed by atoms with Crippen molar-refractivity contribution in [2.75, 3.05) is 12.3 Å². The van der Waals surface area contributed by atoms with Gasteiger partial charge in [-0.25, -0.2) is 15.0 Å². The maximum absolute atomic E-state index is 9.58. The van der Waals surface area contributed by atoms with Crippen LogP contribution in [0.3, 0.4) is 0 Å². The number of hydrogen-bond acceptors (Lipinski definition) is 7. The average Bonchev–Trinajstić information content (AvgIpc) is 3.10. The Hall–Kier alpha value is -2.03. The van der Waals surface area contributed by atoms with Crippen LogP contribution >= 0.6 is 0 Å². The zero-order valence-corrected chi connectivity index (χ0v) is 12.3. The second-order valence-corrected chi connectivity index (χ2v) is 5.99. The van der Waals surface area contributed by atoms with E-state index in [1.807, 2.05) is 24.5 Å². The summed E-state index contributed by atoms with van der Waals surface area (Å²) in [7, 11) is 0. The second-order valence-electron chi connectivity index (χ2n) is 5.99. The Bertz CT molecular complexity index is 769. The molecule has 3 atom stereocenters. The minimum Gasteiger partial charge on any atom is -0.392 e. The van der Waals surface area contributed by atoms with Gasteiger partial charge in [0.15, 0.2) is 17.3 Å². The summed E-state index contributed by atoms with van der Waals surface area (Å²) in [5.74, 6) is -0.347. The SMILES string of the molecule is CC1(C)OC2C(CO)=C[C@@H](n3cnc4c(N)ncnc43)C2O1. The van der Waals surface area contributed by atoms with Gasteiger partial charge >= 0.3 is 0 Å². The third-order valence-corrected chi connectivity index (χ3v) is 4.11. The lowest BCUT2D eigenvalue weighted by Crippen LogP contribution is -2.28. The highest BCUT2D eigenvalue weighted by molar-refractivity contribution is 5.81. The highest BCUT2D eigenvalue weighted by atomic mass is 16.8. The number of fused-ring (bicyclic) bond motifs is 2. The van der Waals surface area contributed by atoms with Crippen LogP contribution in [0.25, 0.3) is 11.2 Å². The molecule has 2 aliphatic rings. The minimum atomic E-state index is -0.688. The van der Waals surface area contributed by atoms with Gasteiger partial charge in [-0.2, -0.15) is 0 Å². The number of aliphatic hydroxyl groups is 1. The highest BCUT2D eigenvalue weighted by Crippen LogP contribution is 2.43. The van der Waals surface area contributed by atoms with Crippen LogP contribution in [0.15, 0.2) is 24.3 Å². The van der Waals surface area contributed by atoms with Gasteiger partial charge in [0.05, 0.1) is 19.0 Å². The number of nitrogens with two attached hydrogens (primary N) is 1. The van der Waals surface area contributed by atoms with Gasteiger partial charge in [-0.1, -0.05) is 6.08 Å². The molecule has 0 saturated carbocycles. The lowest BCUT2D eigenvalue weighted by molar-refractivity contribution is -0.148. The Labute approximate surface area is 126 Å². The quantitative estimate of drug-likeness (QED) is 0.773. The van der Waals surface area contributed by atoms with Crippen LogP contribution in [0.1, 0.15) is 19.9 Å². The van der Waals surface area contributed by atoms with Crippen LogP contribution in [0.4, 0.5) is 5.82 Å². The van der Waals surface area contributed by atoms with Gasteiger partial charge in [0.2, 0.25) is 0 Å². The Balaban J connectivity index is 1.81. The van der Waals surface area contributed by atoms with Gasteiger partial charge in [0.1, 0.15) is 24.1 Å². The molecule has 4 rings (SSSR count). The number of rotatable bonds is 2. The van der Waals surface area contributed by atoms with Crippen molar-refractivity contribution >= 4 is 17.0 Å². The molecule has 0 amide bonds. The summed E-state index contributed by atoms with van der Waals surface area (Å²) in [6, 6.07) is -0.159. The first-order chi connectivity index (χ1) is 10.5. The van der Waals surface area contributed by atoms with Gasteiger partial charge in [-0.15, -0.1) is 0 Å². The fraction of sp³-hybridized carbons (Fsp3) is 0.500. The number of nitrogens with zero attached hydrogens (tertiary/aromatic N) is 4. The molecule has 1 aliphatic carbocycles. The van der Waals surface area contributed by atoms with E-state index in [1.165, 1.54) is 6.33 Å². The summed E-state index contributed by atoms with van der Waals surface area (Å²) in [6.07, 6.45) is 4.54. The number of nitrogen functional groups attached to an aromatic ring is 1. The fourth-order valence-corrected chi connectivity index (χ4v) is 3.20. The van der Waals surface area contributed by atoms with E-state index in [0.717, 1.165) is 5.57 Å². The number of anilines is 1. The van der Waals surface area contributed by atoms with E-state index in [-0.39, 0.29) is 24.9 Å². The van der Waals surface area contributed by atoms with Crippen molar-refractivity contribution in [3.05, 3.63) is 24.3 Å². The molecule has 116 valence electrons. The molecule has 1 fully saturated rings. The van der Waals surface area contributed by atoms with Crippen molar-refractivity contribution in [2.45, 2.75) is 37.9 Å². The first kappa shape index (κ1) is 13.6. The standard InChI is InChI=1S/C14H17N5O3/c1-14(2)21-10-7(4-20)3-8(11(10)22-14)19-6-18-9-12(15)16-5-17-13(9)19/h3,5-6,8,10-11,20H,4H2,1-2H3,(H2,15,16,17)/t8-,10?,11?/m1/s1. The molecule has 0 spiro atoms. The zero-order valence-electron chi connectivity index (χ0n) is 12.3. The molecule has 3 N–H and O–H groups in total. The molecule has 2 unspecified atom stereocenters. The number of imidazole rings is 1. The third kappa shape index (κ3) is 1.84. The molecule has 22 heavy (non-hydrogen) atoms. The Morgan fingerprint density at radius 1 is 1.32 bits per heavy atom. The molecule has 0 aromatic carbocycles. The van der Waals surface area contributed by atoms with Crippen molar-refractivity contribution in [3.63, 3.8) is 0 Å². The van der Waals surface area contributed by atoms with Crippen LogP contribution in [0.2, 0.25) is 0 Å². The molecular weight excluding hydrogens is 286 g/mol. The van der Waals surface area contributed by atoms with E-state index >= 15 is 0 Å². The molecule has 3 heterocycles. The van der Waals surface area contributed by atoms with Gasteiger partial charge in [0.25, 0.3) is 0 Å². The van der Waals surface area contributed by atoms with Crippen molar-refractivity contribution < 1.29 is 14.6 Å². The summed E-state index contributed by atoms with van der Waals surface area (Å²) in [5.41, 5.74) is 7.84. The van der Waals surface area contributed by atoms with Crippen molar-refractivity contribution in [2.24, 2.45) is 0 Å². The first-order valence-corrected chi connectivity index (χ1v) is 7.10. The van der Waals surface area contributed by atoms with Crippen molar-refractivity contribution in [3.8, 4) is 0 Å². The van der Waals surface area contributed by atoms with Gasteiger partial charge in [-0.05, 0) is 19.4 Å². The number of hydrogen-bond donors (Lipinski definition) is 2. The molecule has 0 radical (unpaired) electrons. The average molecular weight is 303 g/mol. The molecule has 2 aromatic heterocycles. The second kappa shape index (κ2) is 4.48. The van der Waals surface area contributed by atoms with Crippen LogP contribution in [-0.2, 0) is 9.47 Å². The summed E-state index contributed by atoms with van der Waals surface area (Å²) >= 11 is 0. The summed E-state index contributed by atoms with van der Waals surface area (Å²) in [4.78, 5) is 12.5. The van der Waals surface area contributed by atoms with Crippen LogP contribution in [0.5, 0.6) is 0 Å². The predicted octanol–water partition coefficient (Wildman–Crippen LogP) is 0.402. The highest BCUT2D eigenvalue weighted by Gasteiger charge is 2.50. The Morgan fingerprint density at radius 3 is 2.91 bits per heavy atom. The molecule has 1 aliphatic heterocycles. The maximum atomic E-state index is 9.58. The number of aliphatic hydroxyl groups excluding tert-OH is 1. The van der Waals surface area contributed by atoms with E-state index in [9.17, 15) is 5.11 Å². The van der Waals surface area contributed by atoms with E-state index in [1.54, 1.807) is 6.33 Å². The smallest absolute Gasteiger partial charge is 0.166 e. The van der Waals surface area contributed by atoms with Crippen LogP contribution in [0, 0.1) is 0 Å². The maximum Gasteiger partial charge on any atom is 0.166 e. The van der Waals surface area contributed by atoms with E-state index in [0.29, 0.717) is 17.0 Å². The summed E-state index contributed by atoms with van der Waals surface area (Å²) < 4.78 is 13.8. The molecule has 0 bridgehead atoms. The molecule has 2 aromatic rings.